The number of nitrogens with zero attached hydrogens (tertiary/aromatic N) is 1. The lowest BCUT2D eigenvalue weighted by Crippen LogP contribution is -2.00. The van der Waals surface area contributed by atoms with Crippen LogP contribution in [-0.4, -0.2) is 10.9 Å². The van der Waals surface area contributed by atoms with Crippen molar-refractivity contribution in [3.63, 3.8) is 0 Å². The van der Waals surface area contributed by atoms with Crippen molar-refractivity contribution in [1.29, 1.82) is 0 Å². The highest BCUT2D eigenvalue weighted by Gasteiger charge is 2.10. The molecule has 1 aromatic heterocycles. The van der Waals surface area contributed by atoms with Crippen molar-refractivity contribution in [1.82, 2.24) is 4.57 Å². The van der Waals surface area contributed by atoms with Gasteiger partial charge in [0.2, 0.25) is 0 Å². The van der Waals surface area contributed by atoms with Crippen LogP contribution in [0.2, 0.25) is 0 Å². The van der Waals surface area contributed by atoms with E-state index in [9.17, 15) is 4.79 Å². The van der Waals surface area contributed by atoms with Crippen LogP contribution in [0.15, 0.2) is 39.4 Å². The smallest absolute Gasteiger partial charge is 0.166 e. The number of carbonyl (C=O) groups is 1. The highest BCUT2D eigenvalue weighted by atomic mass is 79.9. The standard InChI is InChI=1S/C12H9Br2NO/c1-8-2-4-11(10(13)6-8)15-9(7-16)3-5-12(15)14/h2-7H,1H3. The van der Waals surface area contributed by atoms with Crippen molar-refractivity contribution >= 4 is 38.1 Å². The molecule has 0 spiro atoms. The molecule has 2 rings (SSSR count). The summed E-state index contributed by atoms with van der Waals surface area (Å²) in [5.74, 6) is 0. The normalized spacial score (nSPS) is 10.4. The Labute approximate surface area is 111 Å². The third-order valence-electron chi connectivity index (χ3n) is 2.33. The third-order valence-corrected chi connectivity index (χ3v) is 3.58. The zero-order chi connectivity index (χ0) is 11.7. The van der Waals surface area contributed by atoms with Gasteiger partial charge in [-0.15, -0.1) is 0 Å². The molecule has 0 saturated heterocycles. The van der Waals surface area contributed by atoms with Crippen molar-refractivity contribution in [2.24, 2.45) is 0 Å². The first kappa shape index (κ1) is 11.6. The predicted octanol–water partition coefficient (Wildman–Crippen LogP) is 4.12. The maximum atomic E-state index is 10.9. The monoisotopic (exact) mass is 341 g/mol. The number of aldehydes is 1. The van der Waals surface area contributed by atoms with Gasteiger partial charge in [-0.25, -0.2) is 0 Å². The van der Waals surface area contributed by atoms with Gasteiger partial charge in [0.1, 0.15) is 0 Å². The van der Waals surface area contributed by atoms with E-state index in [1.165, 1.54) is 5.56 Å². The van der Waals surface area contributed by atoms with Gasteiger partial charge in [-0.2, -0.15) is 0 Å². The second kappa shape index (κ2) is 4.55. The van der Waals surface area contributed by atoms with Crippen LogP contribution >= 0.6 is 31.9 Å². The molecule has 4 heteroatoms. The number of hydrogen-bond acceptors (Lipinski definition) is 1. The second-order valence-corrected chi connectivity index (χ2v) is 5.16. The molecule has 16 heavy (non-hydrogen) atoms. The van der Waals surface area contributed by atoms with E-state index in [1.54, 1.807) is 6.07 Å². The van der Waals surface area contributed by atoms with Crippen molar-refractivity contribution in [3.8, 4) is 5.69 Å². The van der Waals surface area contributed by atoms with Crippen LogP contribution in [0.5, 0.6) is 0 Å². The molecule has 2 aromatic rings. The first-order valence-corrected chi connectivity index (χ1v) is 6.31. The number of rotatable bonds is 2. The Morgan fingerprint density at radius 2 is 1.94 bits per heavy atom. The Bertz CT molecular complexity index is 546. The summed E-state index contributed by atoms with van der Waals surface area (Å²) in [5.41, 5.74) is 2.74. The average molecular weight is 343 g/mol. The molecule has 2 nitrogen and oxygen atoms in total. The van der Waals surface area contributed by atoms with Crippen LogP contribution < -0.4 is 0 Å². The highest BCUT2D eigenvalue weighted by molar-refractivity contribution is 9.11. The van der Waals surface area contributed by atoms with Crippen molar-refractivity contribution in [2.45, 2.75) is 6.92 Å². The van der Waals surface area contributed by atoms with E-state index in [4.69, 9.17) is 0 Å². The molecule has 0 aliphatic heterocycles. The van der Waals surface area contributed by atoms with Crippen molar-refractivity contribution in [2.75, 3.05) is 0 Å². The quantitative estimate of drug-likeness (QED) is 0.752. The van der Waals surface area contributed by atoms with Gasteiger partial charge in [0.25, 0.3) is 0 Å². The zero-order valence-electron chi connectivity index (χ0n) is 8.58. The molecule has 0 aliphatic carbocycles. The number of benzene rings is 1. The van der Waals surface area contributed by atoms with E-state index < -0.39 is 0 Å². The fourth-order valence-corrected chi connectivity index (χ4v) is 2.76. The first-order valence-electron chi connectivity index (χ1n) is 4.72. The number of hydrogen-bond donors (Lipinski definition) is 0. The van der Waals surface area contributed by atoms with Crippen LogP contribution in [-0.2, 0) is 0 Å². The van der Waals surface area contributed by atoms with Crippen molar-refractivity contribution < 1.29 is 4.79 Å². The summed E-state index contributed by atoms with van der Waals surface area (Å²) < 4.78 is 3.68. The van der Waals surface area contributed by atoms with Crippen LogP contribution in [0.4, 0.5) is 0 Å². The fourth-order valence-electron chi connectivity index (χ4n) is 1.57. The minimum absolute atomic E-state index is 0.622. The van der Waals surface area contributed by atoms with E-state index in [1.807, 2.05) is 35.8 Å². The number of aryl methyl sites for hydroxylation is 1. The highest BCUT2D eigenvalue weighted by Crippen LogP contribution is 2.27. The molecule has 0 aliphatic rings. The molecule has 1 aromatic carbocycles. The van der Waals surface area contributed by atoms with Gasteiger partial charge in [0.15, 0.2) is 6.29 Å². The van der Waals surface area contributed by atoms with Gasteiger partial charge < -0.3 is 4.57 Å². The molecule has 0 atom stereocenters. The van der Waals surface area contributed by atoms with Gasteiger partial charge in [0.05, 0.1) is 16.0 Å². The van der Waals surface area contributed by atoms with E-state index in [0.717, 1.165) is 21.0 Å². The van der Waals surface area contributed by atoms with E-state index in [-0.39, 0.29) is 0 Å². The van der Waals surface area contributed by atoms with Crippen LogP contribution in [0.1, 0.15) is 16.1 Å². The summed E-state index contributed by atoms with van der Waals surface area (Å²) in [6.07, 6.45) is 0.844. The Morgan fingerprint density at radius 1 is 1.19 bits per heavy atom. The van der Waals surface area contributed by atoms with Crippen molar-refractivity contribution in [3.05, 3.63) is 50.7 Å². The summed E-state index contributed by atoms with van der Waals surface area (Å²) in [6, 6.07) is 9.66. The molecule has 1 heterocycles. The zero-order valence-corrected chi connectivity index (χ0v) is 11.7. The minimum Gasteiger partial charge on any atom is -0.300 e. The van der Waals surface area contributed by atoms with Gasteiger partial charge >= 0.3 is 0 Å². The Hall–Kier alpha value is -0.870. The van der Waals surface area contributed by atoms with Crippen LogP contribution in [0.3, 0.4) is 0 Å². The summed E-state index contributed by atoms with van der Waals surface area (Å²) >= 11 is 6.94. The number of halogens is 2. The Kier molecular flexibility index (Phi) is 3.30. The maximum Gasteiger partial charge on any atom is 0.166 e. The lowest BCUT2D eigenvalue weighted by atomic mass is 10.2. The number of aromatic nitrogens is 1. The van der Waals surface area contributed by atoms with E-state index >= 15 is 0 Å². The molecule has 0 saturated carbocycles. The van der Waals surface area contributed by atoms with Crippen LogP contribution in [0.25, 0.3) is 5.69 Å². The van der Waals surface area contributed by atoms with Gasteiger partial charge in [-0.05, 0) is 68.6 Å². The third kappa shape index (κ3) is 1.99. The average Bonchev–Trinajstić information content (AvgIpc) is 2.60. The van der Waals surface area contributed by atoms with E-state index in [2.05, 4.69) is 31.9 Å². The fraction of sp³-hybridized carbons (Fsp3) is 0.0833. The second-order valence-electron chi connectivity index (χ2n) is 3.49. The summed E-state index contributed by atoms with van der Waals surface area (Å²) in [7, 11) is 0. The Balaban J connectivity index is 2.66. The molecule has 0 radical (unpaired) electrons. The molecule has 82 valence electrons. The summed E-state index contributed by atoms with van der Waals surface area (Å²) in [5, 5.41) is 0. The summed E-state index contributed by atoms with van der Waals surface area (Å²) in [4.78, 5) is 10.9. The first-order chi connectivity index (χ1) is 7.63. The van der Waals surface area contributed by atoms with Crippen LogP contribution in [0, 0.1) is 6.92 Å². The molecular weight excluding hydrogens is 334 g/mol. The van der Waals surface area contributed by atoms with E-state index in [0.29, 0.717) is 5.69 Å². The number of carbonyl (C=O) groups excluding carboxylic acids is 1. The lowest BCUT2D eigenvalue weighted by Gasteiger charge is -2.10. The molecule has 0 bridgehead atoms. The maximum absolute atomic E-state index is 10.9. The molecule has 0 amide bonds. The molecule has 0 fully saturated rings. The lowest BCUT2D eigenvalue weighted by molar-refractivity contribution is 0.111. The summed E-state index contributed by atoms with van der Waals surface area (Å²) in [6.45, 7) is 2.03. The topological polar surface area (TPSA) is 22.0 Å². The molecule has 0 N–H and O–H groups in total. The largest absolute Gasteiger partial charge is 0.300 e. The Morgan fingerprint density at radius 3 is 2.56 bits per heavy atom. The molecule has 0 unspecified atom stereocenters. The SMILES string of the molecule is Cc1ccc(-n2c(Br)ccc2C=O)c(Br)c1. The predicted molar refractivity (Wildman–Crippen MR) is 71.3 cm³/mol. The minimum atomic E-state index is 0.622. The van der Waals surface area contributed by atoms with Gasteiger partial charge in [-0.3, -0.25) is 4.79 Å². The van der Waals surface area contributed by atoms with Gasteiger partial charge in [0, 0.05) is 4.47 Å². The molecular formula is C12H9Br2NO. The van der Waals surface area contributed by atoms with Gasteiger partial charge in [-0.1, -0.05) is 6.07 Å².